The maximum Gasteiger partial charge on any atom is 0.410 e. The summed E-state index contributed by atoms with van der Waals surface area (Å²) in [4.78, 5) is 31.9. The van der Waals surface area contributed by atoms with E-state index in [9.17, 15) is 9.59 Å². The molecule has 1 amide bonds. The molecule has 3 aromatic rings. The van der Waals surface area contributed by atoms with Crippen molar-refractivity contribution in [2.45, 2.75) is 46.1 Å². The quantitative estimate of drug-likeness (QED) is 0.470. The predicted octanol–water partition coefficient (Wildman–Crippen LogP) is 6.12. The van der Waals surface area contributed by atoms with Gasteiger partial charge in [-0.3, -0.25) is 9.78 Å². The van der Waals surface area contributed by atoms with Gasteiger partial charge in [-0.2, -0.15) is 0 Å². The first-order chi connectivity index (χ1) is 15.1. The van der Waals surface area contributed by atoms with Gasteiger partial charge in [-0.1, -0.05) is 49.4 Å². The average molecular weight is 431 g/mol. The minimum Gasteiger partial charge on any atom is -0.444 e. The van der Waals surface area contributed by atoms with Gasteiger partial charge in [0, 0.05) is 41.2 Å². The number of para-hydroxylation sites is 1. The monoisotopic (exact) mass is 430 g/mol. The Kier molecular flexibility index (Phi) is 5.76. The Morgan fingerprint density at radius 2 is 1.62 bits per heavy atom. The van der Waals surface area contributed by atoms with Gasteiger partial charge in [-0.15, -0.1) is 0 Å². The molecule has 0 radical (unpaired) electrons. The van der Waals surface area contributed by atoms with E-state index in [-0.39, 0.29) is 11.9 Å². The summed E-state index contributed by atoms with van der Waals surface area (Å²) in [6.45, 7) is 8.64. The molecular weight excluding hydrogens is 400 g/mol. The van der Waals surface area contributed by atoms with E-state index in [4.69, 9.17) is 4.74 Å². The molecule has 0 N–H and O–H groups in total. The molecule has 0 bridgehead atoms. The van der Waals surface area contributed by atoms with E-state index in [2.05, 4.69) is 11.1 Å². The first-order valence-corrected chi connectivity index (χ1v) is 11.1. The van der Waals surface area contributed by atoms with Gasteiger partial charge in [0.05, 0.1) is 5.52 Å². The average Bonchev–Trinajstić information content (AvgIpc) is 2.77. The number of hydrogen-bond acceptors (Lipinski definition) is 4. The number of fused-ring (bicyclic) bond motifs is 1. The minimum atomic E-state index is -0.518. The van der Waals surface area contributed by atoms with Gasteiger partial charge in [-0.05, 0) is 51.3 Å². The van der Waals surface area contributed by atoms with E-state index in [0.29, 0.717) is 31.5 Å². The molecule has 1 saturated heterocycles. The summed E-state index contributed by atoms with van der Waals surface area (Å²) in [5.74, 6) is 0.129. The van der Waals surface area contributed by atoms with E-state index in [1.54, 1.807) is 4.90 Å². The fourth-order valence-electron chi connectivity index (χ4n) is 4.13. The number of benzene rings is 2. The predicted molar refractivity (Wildman–Crippen MR) is 127 cm³/mol. The number of aromatic nitrogens is 1. The highest BCUT2D eigenvalue weighted by Gasteiger charge is 2.39. The largest absolute Gasteiger partial charge is 0.444 e. The zero-order chi connectivity index (χ0) is 22.9. The molecule has 0 atom stereocenters. The van der Waals surface area contributed by atoms with E-state index in [0.717, 1.165) is 22.0 Å². The molecule has 1 fully saturated rings. The molecule has 0 unspecified atom stereocenters. The van der Waals surface area contributed by atoms with Gasteiger partial charge >= 0.3 is 6.09 Å². The molecule has 5 heteroatoms. The van der Waals surface area contributed by atoms with Crippen LogP contribution in [0.4, 0.5) is 4.79 Å². The summed E-state index contributed by atoms with van der Waals surface area (Å²) >= 11 is 0. The Bertz CT molecular complexity index is 1140. The smallest absolute Gasteiger partial charge is 0.410 e. The zero-order valence-electron chi connectivity index (χ0n) is 19.2. The van der Waals surface area contributed by atoms with Crippen molar-refractivity contribution < 1.29 is 14.3 Å². The van der Waals surface area contributed by atoms with Gasteiger partial charge in [0.2, 0.25) is 0 Å². The van der Waals surface area contributed by atoms with Crippen molar-refractivity contribution in [3.63, 3.8) is 0 Å². The number of ketones is 1. The van der Waals surface area contributed by atoms with Gasteiger partial charge in [-0.25, -0.2) is 4.79 Å². The van der Waals surface area contributed by atoms with Crippen LogP contribution < -0.4 is 0 Å². The fraction of sp³-hybridized carbons (Fsp3) is 0.370. The second-order valence-electron chi connectivity index (χ2n) is 9.85. The topological polar surface area (TPSA) is 59.5 Å². The molecule has 1 aliphatic heterocycles. The van der Waals surface area contributed by atoms with Crippen LogP contribution in [0.3, 0.4) is 0 Å². The van der Waals surface area contributed by atoms with Crippen molar-refractivity contribution in [3.8, 4) is 11.1 Å². The van der Waals surface area contributed by atoms with Gasteiger partial charge in [0.1, 0.15) is 5.60 Å². The highest BCUT2D eigenvalue weighted by molar-refractivity contribution is 6.01. The zero-order valence-corrected chi connectivity index (χ0v) is 19.2. The van der Waals surface area contributed by atoms with E-state index < -0.39 is 11.0 Å². The Morgan fingerprint density at radius 3 is 2.28 bits per heavy atom. The number of likely N-dealkylation sites (tertiary alicyclic amines) is 1. The molecule has 1 aromatic heterocycles. The third-order valence-corrected chi connectivity index (χ3v) is 6.14. The van der Waals surface area contributed by atoms with Crippen LogP contribution in [-0.2, 0) is 4.74 Å². The maximum atomic E-state index is 13.3. The lowest BCUT2D eigenvalue weighted by Crippen LogP contribution is -2.46. The fourth-order valence-corrected chi connectivity index (χ4v) is 4.13. The van der Waals surface area contributed by atoms with Gasteiger partial charge < -0.3 is 9.64 Å². The summed E-state index contributed by atoms with van der Waals surface area (Å²) in [5, 5.41) is 1.09. The van der Waals surface area contributed by atoms with Gasteiger partial charge in [0.25, 0.3) is 0 Å². The molecule has 4 rings (SSSR count). The molecule has 0 aliphatic carbocycles. The van der Waals surface area contributed by atoms with Crippen molar-refractivity contribution in [2.24, 2.45) is 5.41 Å². The number of piperidine rings is 1. The number of rotatable bonds is 3. The molecule has 166 valence electrons. The SMILES string of the molecule is CC(C)(C)OC(=O)N1CCC(C)(C(=O)c2ccc(-c3cnc4ccccc4c3)cc2)CC1. The van der Waals surface area contributed by atoms with Crippen molar-refractivity contribution >= 4 is 22.8 Å². The molecule has 0 spiro atoms. The standard InChI is InChI=1S/C27H30N2O3/c1-26(2,3)32-25(31)29-15-13-27(4,14-16-29)24(30)20-11-9-19(10-12-20)22-17-21-7-5-6-8-23(21)28-18-22/h5-12,17-18H,13-16H2,1-4H3. The number of carbonyl (C=O) groups is 2. The van der Waals surface area contributed by atoms with Gasteiger partial charge in [0.15, 0.2) is 5.78 Å². The second kappa shape index (κ2) is 8.38. The van der Waals surface area contributed by atoms with E-state index in [1.807, 2.05) is 82.4 Å². The number of carbonyl (C=O) groups excluding carboxylic acids is 2. The highest BCUT2D eigenvalue weighted by atomic mass is 16.6. The summed E-state index contributed by atoms with van der Waals surface area (Å²) in [5.41, 5.74) is 2.73. The van der Waals surface area contributed by atoms with Crippen LogP contribution >= 0.6 is 0 Å². The van der Waals surface area contributed by atoms with Crippen LogP contribution in [-0.4, -0.2) is 40.5 Å². The van der Waals surface area contributed by atoms with Crippen LogP contribution in [0.2, 0.25) is 0 Å². The first-order valence-electron chi connectivity index (χ1n) is 11.1. The van der Waals surface area contributed by atoms with Crippen LogP contribution in [0.25, 0.3) is 22.0 Å². The van der Waals surface area contributed by atoms with Crippen LogP contribution in [0, 0.1) is 5.41 Å². The normalized spacial score (nSPS) is 16.1. The lowest BCUT2D eigenvalue weighted by Gasteiger charge is -2.38. The number of pyridine rings is 1. The Balaban J connectivity index is 1.45. The van der Waals surface area contributed by atoms with E-state index >= 15 is 0 Å². The van der Waals surface area contributed by atoms with Crippen LogP contribution in [0.15, 0.2) is 60.8 Å². The Morgan fingerprint density at radius 1 is 0.969 bits per heavy atom. The highest BCUT2D eigenvalue weighted by Crippen LogP contribution is 2.35. The van der Waals surface area contributed by atoms with Crippen molar-refractivity contribution in [1.82, 2.24) is 9.88 Å². The third-order valence-electron chi connectivity index (χ3n) is 6.14. The Hall–Kier alpha value is -3.21. The van der Waals surface area contributed by atoms with Crippen molar-refractivity contribution in [3.05, 3.63) is 66.4 Å². The maximum absolute atomic E-state index is 13.3. The molecular formula is C27H30N2O3. The number of nitrogens with zero attached hydrogens (tertiary/aromatic N) is 2. The van der Waals surface area contributed by atoms with Crippen molar-refractivity contribution in [2.75, 3.05) is 13.1 Å². The lowest BCUT2D eigenvalue weighted by molar-refractivity contribution is 0.0122. The molecule has 32 heavy (non-hydrogen) atoms. The van der Waals surface area contributed by atoms with Crippen molar-refractivity contribution in [1.29, 1.82) is 0 Å². The molecule has 5 nitrogen and oxygen atoms in total. The minimum absolute atomic E-state index is 0.129. The first kappa shape index (κ1) is 22.0. The summed E-state index contributed by atoms with van der Waals surface area (Å²) in [6.07, 6.45) is 2.82. The number of ether oxygens (including phenoxy) is 1. The second-order valence-corrected chi connectivity index (χ2v) is 9.85. The summed E-state index contributed by atoms with van der Waals surface area (Å²) < 4.78 is 5.47. The molecule has 2 heterocycles. The Labute approximate surface area is 189 Å². The summed E-state index contributed by atoms with van der Waals surface area (Å²) in [7, 11) is 0. The molecule has 1 aliphatic rings. The summed E-state index contributed by atoms with van der Waals surface area (Å²) in [6, 6.07) is 17.9. The molecule has 0 saturated carbocycles. The third kappa shape index (κ3) is 4.67. The van der Waals surface area contributed by atoms with E-state index in [1.165, 1.54) is 0 Å². The number of hydrogen-bond donors (Lipinski definition) is 0. The number of Topliss-reactive ketones (excluding diaryl/α,β-unsaturated/α-hetero) is 1. The van der Waals surface area contributed by atoms with Crippen LogP contribution in [0.5, 0.6) is 0 Å². The lowest BCUT2D eigenvalue weighted by atomic mass is 9.74. The molecule has 2 aromatic carbocycles. The number of amides is 1. The van der Waals surface area contributed by atoms with Crippen LogP contribution in [0.1, 0.15) is 50.9 Å².